The fourth-order valence-electron chi connectivity index (χ4n) is 3.37. The summed E-state index contributed by atoms with van der Waals surface area (Å²) in [5, 5.41) is 8.12. The minimum atomic E-state index is 0.324. The van der Waals surface area contributed by atoms with Gasteiger partial charge in [0.15, 0.2) is 22.8 Å². The lowest BCUT2D eigenvalue weighted by Gasteiger charge is -2.44. The lowest BCUT2D eigenvalue weighted by molar-refractivity contribution is 0.490. The van der Waals surface area contributed by atoms with Crippen LogP contribution in [-0.2, 0) is 6.54 Å². The molecule has 0 bridgehead atoms. The van der Waals surface area contributed by atoms with E-state index in [1.807, 2.05) is 21.5 Å². The first kappa shape index (κ1) is 15.0. The zero-order valence-electron chi connectivity index (χ0n) is 14.6. The van der Waals surface area contributed by atoms with Gasteiger partial charge in [-0.25, -0.2) is 19.9 Å². The number of hydrogen-bond acceptors (Lipinski definition) is 8. The highest BCUT2D eigenvalue weighted by Crippen LogP contribution is 2.28. The summed E-state index contributed by atoms with van der Waals surface area (Å²) < 4.78 is 3.90. The van der Waals surface area contributed by atoms with Crippen molar-refractivity contribution in [1.29, 1.82) is 0 Å². The van der Waals surface area contributed by atoms with E-state index in [9.17, 15) is 0 Å². The maximum absolute atomic E-state index is 4.51. The quantitative estimate of drug-likeness (QED) is 0.528. The number of likely N-dealkylation sites (N-methyl/N-ethyl adjacent to an activating group) is 1. The summed E-state index contributed by atoms with van der Waals surface area (Å²) in [4.78, 5) is 22.2. The molecule has 0 aromatic carbocycles. The van der Waals surface area contributed by atoms with Gasteiger partial charge in [0.05, 0.1) is 12.4 Å². The molecule has 0 aliphatic carbocycles. The number of aromatic nitrogens is 8. The molecule has 5 heterocycles. The molecule has 10 heteroatoms. The van der Waals surface area contributed by atoms with Gasteiger partial charge in [0, 0.05) is 39.1 Å². The Kier molecular flexibility index (Phi) is 3.24. The standard InChI is InChI=1S/C16H18N10/c1-3-24-9-20-12-13(18-8-19-14(12)24)23(2)11-6-26(7-11)15-16-22-21-10-25(16)5-4-17-15/h4-5,8-11H,3,6-7H2,1-2H3. The Morgan fingerprint density at radius 3 is 2.85 bits per heavy atom. The molecule has 0 atom stereocenters. The molecule has 1 fully saturated rings. The highest BCUT2D eigenvalue weighted by Gasteiger charge is 2.34. The van der Waals surface area contributed by atoms with E-state index in [2.05, 4.69) is 53.9 Å². The number of fused-ring (bicyclic) bond motifs is 2. The predicted octanol–water partition coefficient (Wildman–Crippen LogP) is 0.609. The van der Waals surface area contributed by atoms with Gasteiger partial charge in [-0.05, 0) is 6.92 Å². The second-order valence-electron chi connectivity index (χ2n) is 6.38. The summed E-state index contributed by atoms with van der Waals surface area (Å²) in [6.07, 6.45) is 8.74. The predicted molar refractivity (Wildman–Crippen MR) is 96.2 cm³/mol. The van der Waals surface area contributed by atoms with Crippen LogP contribution in [0, 0.1) is 0 Å². The first-order valence-electron chi connectivity index (χ1n) is 8.54. The Bertz CT molecular complexity index is 1080. The van der Waals surface area contributed by atoms with Crippen molar-refractivity contribution in [1.82, 2.24) is 39.1 Å². The van der Waals surface area contributed by atoms with Gasteiger partial charge >= 0.3 is 0 Å². The molecular weight excluding hydrogens is 332 g/mol. The smallest absolute Gasteiger partial charge is 0.203 e. The third-order valence-electron chi connectivity index (χ3n) is 4.96. The maximum Gasteiger partial charge on any atom is 0.203 e. The highest BCUT2D eigenvalue weighted by molar-refractivity contribution is 5.83. The SMILES string of the molecule is CCn1cnc2c(N(C)C3CN(c4nccn5cnnc45)C3)ncnc21. The molecule has 5 rings (SSSR count). The normalized spacial score (nSPS) is 14.9. The lowest BCUT2D eigenvalue weighted by atomic mass is 10.1. The van der Waals surface area contributed by atoms with Gasteiger partial charge < -0.3 is 14.4 Å². The lowest BCUT2D eigenvalue weighted by Crippen LogP contribution is -2.59. The second kappa shape index (κ2) is 5.61. The van der Waals surface area contributed by atoms with E-state index in [1.54, 1.807) is 18.9 Å². The van der Waals surface area contributed by atoms with Crippen molar-refractivity contribution in [3.8, 4) is 0 Å². The van der Waals surface area contributed by atoms with E-state index in [4.69, 9.17) is 0 Å². The van der Waals surface area contributed by atoms with Crippen molar-refractivity contribution in [2.45, 2.75) is 19.5 Å². The monoisotopic (exact) mass is 350 g/mol. The van der Waals surface area contributed by atoms with Gasteiger partial charge in [-0.15, -0.1) is 10.2 Å². The number of rotatable bonds is 4. The van der Waals surface area contributed by atoms with Gasteiger partial charge in [0.1, 0.15) is 12.7 Å². The van der Waals surface area contributed by atoms with E-state index in [0.717, 1.165) is 48.1 Å². The number of imidazole rings is 1. The Morgan fingerprint density at radius 2 is 2.00 bits per heavy atom. The van der Waals surface area contributed by atoms with Crippen molar-refractivity contribution < 1.29 is 0 Å². The zero-order chi connectivity index (χ0) is 17.7. The third kappa shape index (κ3) is 2.11. The van der Waals surface area contributed by atoms with Gasteiger partial charge in [-0.1, -0.05) is 0 Å². The average molecular weight is 350 g/mol. The molecule has 0 saturated carbocycles. The van der Waals surface area contributed by atoms with Gasteiger partial charge in [-0.2, -0.15) is 0 Å². The van der Waals surface area contributed by atoms with Gasteiger partial charge in [0.2, 0.25) is 5.65 Å². The van der Waals surface area contributed by atoms with Crippen LogP contribution < -0.4 is 9.80 Å². The molecule has 10 nitrogen and oxygen atoms in total. The molecular formula is C16H18N10. The van der Waals surface area contributed by atoms with E-state index in [-0.39, 0.29) is 0 Å². The minimum absolute atomic E-state index is 0.324. The van der Waals surface area contributed by atoms with Crippen LogP contribution in [0.2, 0.25) is 0 Å². The number of nitrogens with zero attached hydrogens (tertiary/aromatic N) is 10. The third-order valence-corrected chi connectivity index (χ3v) is 4.96. The van der Waals surface area contributed by atoms with E-state index in [1.165, 1.54) is 0 Å². The van der Waals surface area contributed by atoms with Crippen molar-refractivity contribution in [2.75, 3.05) is 29.9 Å². The Labute approximate surface area is 149 Å². The number of hydrogen-bond donors (Lipinski definition) is 0. The molecule has 0 unspecified atom stereocenters. The highest BCUT2D eigenvalue weighted by atomic mass is 15.4. The van der Waals surface area contributed by atoms with E-state index < -0.39 is 0 Å². The Balaban J connectivity index is 1.40. The van der Waals surface area contributed by atoms with Crippen LogP contribution in [0.3, 0.4) is 0 Å². The molecule has 4 aromatic rings. The largest absolute Gasteiger partial charge is 0.351 e. The number of anilines is 2. The van der Waals surface area contributed by atoms with Crippen molar-refractivity contribution >= 4 is 28.4 Å². The molecule has 1 saturated heterocycles. The molecule has 0 amide bonds. The first-order valence-corrected chi connectivity index (χ1v) is 8.54. The van der Waals surface area contributed by atoms with Crippen LogP contribution in [0.15, 0.2) is 31.4 Å². The van der Waals surface area contributed by atoms with Gasteiger partial charge in [0.25, 0.3) is 0 Å². The molecule has 0 spiro atoms. The molecule has 0 radical (unpaired) electrons. The first-order chi connectivity index (χ1) is 12.8. The Hall–Kier alpha value is -3.30. The summed E-state index contributed by atoms with van der Waals surface area (Å²) in [5.74, 6) is 1.72. The van der Waals surface area contributed by atoms with E-state index >= 15 is 0 Å². The average Bonchev–Trinajstić information content (AvgIpc) is 3.26. The van der Waals surface area contributed by atoms with Gasteiger partial charge in [-0.3, -0.25) is 4.40 Å². The summed E-state index contributed by atoms with van der Waals surface area (Å²) >= 11 is 0. The topological polar surface area (TPSA) is 93.2 Å². The Morgan fingerprint density at radius 1 is 1.12 bits per heavy atom. The van der Waals surface area contributed by atoms with Crippen LogP contribution in [0.5, 0.6) is 0 Å². The van der Waals surface area contributed by atoms with Crippen LogP contribution in [-0.4, -0.2) is 65.3 Å². The van der Waals surface area contributed by atoms with Crippen LogP contribution >= 0.6 is 0 Å². The van der Waals surface area contributed by atoms with E-state index in [0.29, 0.717) is 6.04 Å². The summed E-state index contributed by atoms with van der Waals surface area (Å²) in [7, 11) is 2.06. The molecule has 0 N–H and O–H groups in total. The van der Waals surface area contributed by atoms with Crippen molar-refractivity contribution in [3.05, 3.63) is 31.4 Å². The summed E-state index contributed by atoms with van der Waals surface area (Å²) in [5.41, 5.74) is 2.49. The zero-order valence-corrected chi connectivity index (χ0v) is 14.6. The van der Waals surface area contributed by atoms with Crippen molar-refractivity contribution in [2.24, 2.45) is 0 Å². The van der Waals surface area contributed by atoms with Crippen molar-refractivity contribution in [3.63, 3.8) is 0 Å². The number of aryl methyl sites for hydroxylation is 1. The summed E-state index contributed by atoms with van der Waals surface area (Å²) in [6.45, 7) is 4.60. The van der Waals surface area contributed by atoms with Crippen LogP contribution in [0.4, 0.5) is 11.6 Å². The fraction of sp³-hybridized carbons (Fsp3) is 0.375. The molecule has 1 aliphatic heterocycles. The fourth-order valence-corrected chi connectivity index (χ4v) is 3.37. The maximum atomic E-state index is 4.51. The molecule has 4 aromatic heterocycles. The van der Waals surface area contributed by atoms with Crippen LogP contribution in [0.25, 0.3) is 16.8 Å². The molecule has 26 heavy (non-hydrogen) atoms. The van der Waals surface area contributed by atoms with Crippen LogP contribution in [0.1, 0.15) is 6.92 Å². The molecule has 132 valence electrons. The molecule has 1 aliphatic rings. The minimum Gasteiger partial charge on any atom is -0.351 e. The summed E-state index contributed by atoms with van der Waals surface area (Å²) in [6, 6.07) is 0.324. The second-order valence-corrected chi connectivity index (χ2v) is 6.38.